The number of carboxylic acid groups (broad SMARTS) is 9. The van der Waals surface area contributed by atoms with Crippen molar-refractivity contribution in [3.05, 3.63) is 214 Å². The third kappa shape index (κ3) is 48.6. The quantitative estimate of drug-likeness (QED) is 0.0186. The third-order valence-electron chi connectivity index (χ3n) is 20.8. The van der Waals surface area contributed by atoms with E-state index < -0.39 is 242 Å². The molecule has 0 aliphatic rings. The molecule has 6 aromatic rings. The van der Waals surface area contributed by atoms with Gasteiger partial charge in [0.1, 0.15) is 24.2 Å². The zero-order chi connectivity index (χ0) is 106. The van der Waals surface area contributed by atoms with Gasteiger partial charge in [-0.05, 0) is 75.8 Å². The fourth-order valence-corrected chi connectivity index (χ4v) is 14.1. The zero-order valence-corrected chi connectivity index (χ0v) is 79.2. The van der Waals surface area contributed by atoms with Crippen molar-refractivity contribution in [2.45, 2.75) is 178 Å². The van der Waals surface area contributed by atoms with E-state index in [4.69, 9.17) is 25.5 Å². The summed E-state index contributed by atoms with van der Waals surface area (Å²) in [6.07, 6.45) is -3.56. The molecule has 0 radical (unpaired) electrons. The first kappa shape index (κ1) is 121. The van der Waals surface area contributed by atoms with E-state index in [1.54, 1.807) is 171 Å². The number of carbonyl (C=O) groups excluding carboxylic acids is 15. The van der Waals surface area contributed by atoms with E-state index in [2.05, 4.69) is 96.4 Å². The molecule has 0 aromatic heterocycles. The highest BCUT2D eigenvalue weighted by Gasteiger charge is 2.37. The number of rotatable bonds is 64. The van der Waals surface area contributed by atoms with Crippen LogP contribution in [-0.4, -0.2) is 255 Å². The number of Topliss-reactive ketones (excluding diaryl/α,β-unsaturated/α-hetero) is 4. The van der Waals surface area contributed by atoms with Gasteiger partial charge in [0.2, 0.25) is 67.0 Å². The van der Waals surface area contributed by atoms with Gasteiger partial charge in [0.05, 0.1) is 87.4 Å². The lowest BCUT2D eigenvalue weighted by atomic mass is 9.90. The molecule has 0 spiro atoms. The maximum Gasteiger partial charge on any atom is 0.327 e. The molecule has 6 rings (SSSR count). The molecule has 0 unspecified atom stereocenters. The Morgan fingerprint density at radius 2 is 0.493 bits per heavy atom. The van der Waals surface area contributed by atoms with Crippen LogP contribution in [0, 0.1) is 23.7 Å². The van der Waals surface area contributed by atoms with Gasteiger partial charge in [-0.1, -0.05) is 171 Å². The summed E-state index contributed by atoms with van der Waals surface area (Å²) in [6, 6.07) is 36.4. The molecule has 0 heterocycles. The maximum atomic E-state index is 13.3. The van der Waals surface area contributed by atoms with Gasteiger partial charge in [0.15, 0.2) is 23.1 Å². The lowest BCUT2D eigenvalue weighted by molar-refractivity contribution is -0.145. The highest BCUT2D eigenvalue weighted by Crippen LogP contribution is 2.22. The standard InChI is InChI=1S/2C27H31N3O8S.C22H27N3O10S.C19H24N2O7/c31-16-28-14-19-8-6-18(7-9-19)11-24(33)29-21(10-17-4-2-1-3-5-17)23(32)12-20(13-25(34)35)26(36)30-22(15-39)27(37)38;31-16-28-14-19-8-6-18(7-9-19)11-24(33)29-21(13-25(34)35)23(32)12-20(10-17-4-2-1-3-5-17)26(36)30-22(15-39)27(37)38;26-11-23-9-13-3-1-12(2-4-13)5-18(28)24-15(8-20(31)32)17(27)6-14(7-19(29)30)21(33)25-16(10-36)22(34)35;1-2-14(19(27)28)21-18(26)13(8-12-6-4-3-5-7-12)9-16(23)15(20-11-22)10-17(24)25/h2*1-9,16,20-22,39H,10-15H2,(H,28,31)(H,29,33)(H,30,36)(H,34,35)(H,37,38);1-4,11,14-16,36H,5-10H2,(H,23,26)(H,24,28)(H,25,33)(H,29,30)(H,31,32)(H,34,35);3-7,11,13-15H,2,8-10H2,1H3,(H,20,22)(H,21,26)(H,24,25)(H,27,28)/t20-,21-,22-;20-,21+,22+;14-,15-,16-;13-,14+,15+/m0101/s1. The van der Waals surface area contributed by atoms with E-state index in [1.165, 1.54) is 0 Å². The number of aliphatic carboxylic acids is 9. The molecule has 0 bridgehead atoms. The first-order valence-electron chi connectivity index (χ1n) is 43.6. The molecule has 47 heteroatoms. The molecule has 0 aliphatic heterocycles. The number of hydrogen-bond acceptors (Lipinski definition) is 27. The van der Waals surface area contributed by atoms with Crippen molar-refractivity contribution >= 4 is 182 Å². The second-order valence-corrected chi connectivity index (χ2v) is 32.9. The molecule has 44 nitrogen and oxygen atoms in total. The summed E-state index contributed by atoms with van der Waals surface area (Å²) in [5.74, 6) is -25.2. The number of nitrogens with one attached hydrogen (secondary N) is 11. The number of carbonyl (C=O) groups is 24. The smallest absolute Gasteiger partial charge is 0.327 e. The van der Waals surface area contributed by atoms with Crippen LogP contribution >= 0.6 is 37.9 Å². The van der Waals surface area contributed by atoms with Gasteiger partial charge in [0, 0.05) is 74.4 Å². The van der Waals surface area contributed by atoms with E-state index >= 15 is 0 Å². The number of thiol groups is 3. The van der Waals surface area contributed by atoms with Crippen LogP contribution in [0.4, 0.5) is 0 Å². The fourth-order valence-electron chi connectivity index (χ4n) is 13.4. The Balaban J connectivity index is 0.000000490. The van der Waals surface area contributed by atoms with Crippen molar-refractivity contribution in [3.8, 4) is 0 Å². The molecule has 6 aromatic carbocycles. The molecule has 142 heavy (non-hydrogen) atoms. The van der Waals surface area contributed by atoms with Gasteiger partial charge in [0.25, 0.3) is 0 Å². The lowest BCUT2D eigenvalue weighted by Gasteiger charge is -2.22. The molecule has 11 amide bonds. The molecule has 0 saturated carbocycles. The second-order valence-electron chi connectivity index (χ2n) is 31.8. The number of hydrogen-bond donors (Lipinski definition) is 23. The Morgan fingerprint density at radius 1 is 0.254 bits per heavy atom. The predicted molar refractivity (Wildman–Crippen MR) is 512 cm³/mol. The van der Waals surface area contributed by atoms with Crippen LogP contribution in [-0.2, 0) is 173 Å². The highest BCUT2D eigenvalue weighted by molar-refractivity contribution is 7.80. The number of amides is 11. The summed E-state index contributed by atoms with van der Waals surface area (Å²) in [4.78, 5) is 284. The van der Waals surface area contributed by atoms with Gasteiger partial charge in [-0.25, -0.2) is 19.2 Å². The Hall–Kier alpha value is -15.6. The molecule has 0 fully saturated rings. The van der Waals surface area contributed by atoms with Crippen LogP contribution in [0.15, 0.2) is 164 Å². The summed E-state index contributed by atoms with van der Waals surface area (Å²) in [5, 5.41) is 109. The zero-order valence-electron chi connectivity index (χ0n) is 76.5. The summed E-state index contributed by atoms with van der Waals surface area (Å²) in [7, 11) is 0. The van der Waals surface area contributed by atoms with Crippen molar-refractivity contribution in [3.63, 3.8) is 0 Å². The van der Waals surface area contributed by atoms with Crippen molar-refractivity contribution in [2.24, 2.45) is 23.7 Å². The first-order chi connectivity index (χ1) is 67.5. The largest absolute Gasteiger partial charge is 0.481 e. The van der Waals surface area contributed by atoms with Crippen molar-refractivity contribution in [2.75, 3.05) is 17.3 Å². The summed E-state index contributed by atoms with van der Waals surface area (Å²) < 4.78 is 0. The molecular weight excluding hydrogens is 1920 g/mol. The average molecular weight is 2030 g/mol. The van der Waals surface area contributed by atoms with Gasteiger partial charge in [-0.15, -0.1) is 0 Å². The summed E-state index contributed by atoms with van der Waals surface area (Å²) in [5.41, 5.74) is 6.47. The van der Waals surface area contributed by atoms with E-state index in [1.807, 2.05) is 0 Å². The summed E-state index contributed by atoms with van der Waals surface area (Å²) >= 11 is 11.6. The average Bonchev–Trinajstić information content (AvgIpc) is 0.861. The van der Waals surface area contributed by atoms with Gasteiger partial charge in [-0.2, -0.15) is 37.9 Å². The highest BCUT2D eigenvalue weighted by atomic mass is 32.1. The topological polar surface area (TPSA) is 724 Å². The third-order valence-corrected chi connectivity index (χ3v) is 21.9. The van der Waals surface area contributed by atoms with Crippen molar-refractivity contribution in [1.82, 2.24) is 58.5 Å². The van der Waals surface area contributed by atoms with Crippen molar-refractivity contribution in [1.29, 1.82) is 0 Å². The van der Waals surface area contributed by atoms with Crippen molar-refractivity contribution < 1.29 is 161 Å². The monoisotopic (exact) mass is 2030 g/mol. The minimum absolute atomic E-state index is 0.0404. The fraction of sp³-hybridized carbons (Fsp3) is 0.368. The molecule has 0 aliphatic carbocycles. The number of ketones is 4. The minimum Gasteiger partial charge on any atom is -0.481 e. The first-order valence-corrected chi connectivity index (χ1v) is 45.5. The SMILES string of the molecule is CC[C@H](NC(=O)[C@@H](CC(=O)[C@H](CC(=O)O)NC=O)Cc1ccccc1)C(=O)O.O=CNCc1ccc(CC(=O)N[C@@H](CC(=O)O)C(=O)C[C@@H](CC(=O)O)C(=O)N[C@@H](CS)C(=O)O)cc1.O=CNCc1ccc(CC(=O)N[C@@H](CC(=O)O)C(=O)C[C@@H](Cc2ccccc2)C(=O)N[C@@H](CS)C(=O)O)cc1.O=CNCc1ccc(CC(=O)N[C@@H](Cc2ccccc2)C(=O)C[C@@H](CC(=O)O)C(=O)N[C@@H](CS)C(=O)O)cc1. The summed E-state index contributed by atoms with van der Waals surface area (Å²) in [6.45, 7) is 2.56. The Morgan fingerprint density at radius 3 is 0.754 bits per heavy atom. The molecule has 20 N–H and O–H groups in total. The Labute approximate surface area is 829 Å². The maximum absolute atomic E-state index is 13.3. The van der Waals surface area contributed by atoms with E-state index in [-0.39, 0.29) is 81.6 Å². The number of carboxylic acids is 9. The second kappa shape index (κ2) is 66.1. The van der Waals surface area contributed by atoms with Crippen LogP contribution in [0.1, 0.15) is 121 Å². The lowest BCUT2D eigenvalue weighted by Crippen LogP contribution is -2.47. The van der Waals surface area contributed by atoms with Crippen LogP contribution in [0.3, 0.4) is 0 Å². The molecule has 0 saturated heterocycles. The normalized spacial score (nSPS) is 13.0. The van der Waals surface area contributed by atoms with E-state index in [0.717, 1.165) is 27.8 Å². The van der Waals surface area contributed by atoms with Crippen LogP contribution in [0.5, 0.6) is 0 Å². The van der Waals surface area contributed by atoms with E-state index in [0.29, 0.717) is 54.6 Å². The van der Waals surface area contributed by atoms with Crippen LogP contribution in [0.25, 0.3) is 0 Å². The minimum atomic E-state index is -1.55. The van der Waals surface area contributed by atoms with Crippen LogP contribution < -0.4 is 58.5 Å². The van der Waals surface area contributed by atoms with Gasteiger partial charge >= 0.3 is 53.7 Å². The Bertz CT molecular complexity index is 5280. The van der Waals surface area contributed by atoms with E-state index in [9.17, 15) is 135 Å². The predicted octanol–water partition coefficient (Wildman–Crippen LogP) is 0.861. The van der Waals surface area contributed by atoms with Gasteiger partial charge < -0.3 is 104 Å². The molecule has 764 valence electrons. The molecule has 12 atom stereocenters. The number of benzene rings is 6. The molecular formula is C95H113N11O33S3. The Kier molecular flexibility index (Phi) is 56.1. The van der Waals surface area contributed by atoms with Crippen LogP contribution in [0.2, 0.25) is 0 Å². The van der Waals surface area contributed by atoms with Gasteiger partial charge in [-0.3, -0.25) is 95.9 Å².